The van der Waals surface area contributed by atoms with Crippen molar-refractivity contribution in [1.82, 2.24) is 5.32 Å². The first kappa shape index (κ1) is 16.5. The van der Waals surface area contributed by atoms with Crippen molar-refractivity contribution in [2.45, 2.75) is 59.3 Å². The van der Waals surface area contributed by atoms with Crippen molar-refractivity contribution < 1.29 is 4.79 Å². The minimum absolute atomic E-state index is 0.856. The molecular formula is C18H27NO. The highest BCUT2D eigenvalue weighted by molar-refractivity contribution is 5.76. The molecule has 0 unspecified atom stereocenters. The third-order valence-electron chi connectivity index (χ3n) is 3.45. The van der Waals surface area contributed by atoms with E-state index in [1.807, 2.05) is 0 Å². The number of nitrogens with one attached hydrogen (secondary N) is 1. The first-order valence-electron chi connectivity index (χ1n) is 7.77. The lowest BCUT2D eigenvalue weighted by molar-refractivity contribution is -0.105. The highest BCUT2D eigenvalue weighted by Crippen LogP contribution is 2.22. The van der Waals surface area contributed by atoms with Crippen molar-refractivity contribution in [3.63, 3.8) is 0 Å². The molecule has 2 nitrogen and oxygen atoms in total. The fourth-order valence-corrected chi connectivity index (χ4v) is 2.47. The van der Waals surface area contributed by atoms with Gasteiger partial charge in [-0.15, -0.1) is 0 Å². The molecule has 0 bridgehead atoms. The Kier molecular flexibility index (Phi) is 7.71. The zero-order valence-corrected chi connectivity index (χ0v) is 13.0. The number of carbonyl (C=O) groups excluding carboxylic acids is 1. The van der Waals surface area contributed by atoms with Gasteiger partial charge in [0, 0.05) is 11.4 Å². The van der Waals surface area contributed by atoms with Crippen molar-refractivity contribution >= 4 is 6.29 Å². The molecule has 0 saturated heterocycles. The Balaban J connectivity index is 3.03. The van der Waals surface area contributed by atoms with Gasteiger partial charge in [-0.3, -0.25) is 4.79 Å². The van der Waals surface area contributed by atoms with E-state index in [0.717, 1.165) is 56.1 Å². The average Bonchev–Trinajstić information content (AvgIpc) is 2.48. The maximum atomic E-state index is 11.4. The molecule has 1 aliphatic rings. The second-order valence-electron chi connectivity index (χ2n) is 5.03. The van der Waals surface area contributed by atoms with E-state index in [4.69, 9.17) is 0 Å². The zero-order valence-electron chi connectivity index (χ0n) is 13.0. The summed E-state index contributed by atoms with van der Waals surface area (Å²) in [4.78, 5) is 11.4. The molecule has 110 valence electrons. The van der Waals surface area contributed by atoms with Crippen molar-refractivity contribution in [1.29, 1.82) is 0 Å². The summed E-state index contributed by atoms with van der Waals surface area (Å²) in [7, 11) is 0. The fraction of sp³-hybridized carbons (Fsp3) is 0.500. The number of hydrogen-bond acceptors (Lipinski definition) is 2. The summed E-state index contributed by atoms with van der Waals surface area (Å²) in [5.41, 5.74) is 4.46. The number of aldehydes is 1. The Morgan fingerprint density at radius 3 is 2.65 bits per heavy atom. The molecule has 0 spiro atoms. The van der Waals surface area contributed by atoms with E-state index in [2.05, 4.69) is 50.4 Å². The molecule has 0 heterocycles. The van der Waals surface area contributed by atoms with Crippen LogP contribution in [-0.4, -0.2) is 6.29 Å². The van der Waals surface area contributed by atoms with E-state index in [1.165, 1.54) is 11.3 Å². The van der Waals surface area contributed by atoms with Gasteiger partial charge < -0.3 is 5.32 Å². The lowest BCUT2D eigenvalue weighted by Crippen LogP contribution is -2.17. The SMILES string of the molecule is CC/C=C(NC1=CC=CCC1)/C(CC)=C(\C=O)CCC. The van der Waals surface area contributed by atoms with Crippen LogP contribution in [0.4, 0.5) is 0 Å². The van der Waals surface area contributed by atoms with E-state index >= 15 is 0 Å². The molecule has 0 saturated carbocycles. The van der Waals surface area contributed by atoms with Gasteiger partial charge in [-0.1, -0.05) is 45.4 Å². The molecule has 0 aliphatic heterocycles. The average molecular weight is 273 g/mol. The molecule has 1 aliphatic carbocycles. The van der Waals surface area contributed by atoms with Gasteiger partial charge in [0.1, 0.15) is 6.29 Å². The van der Waals surface area contributed by atoms with Crippen LogP contribution in [0.15, 0.2) is 46.8 Å². The molecule has 0 fully saturated rings. The smallest absolute Gasteiger partial charge is 0.146 e. The summed E-state index contributed by atoms with van der Waals surface area (Å²) < 4.78 is 0. The zero-order chi connectivity index (χ0) is 14.8. The normalized spacial score (nSPS) is 16.6. The van der Waals surface area contributed by atoms with Crippen molar-refractivity contribution in [2.24, 2.45) is 0 Å². The third-order valence-corrected chi connectivity index (χ3v) is 3.45. The van der Waals surface area contributed by atoms with Crippen LogP contribution in [0, 0.1) is 0 Å². The molecule has 0 aromatic carbocycles. The number of carbonyl (C=O) groups is 1. The summed E-state index contributed by atoms with van der Waals surface area (Å²) in [5.74, 6) is 0. The lowest BCUT2D eigenvalue weighted by Gasteiger charge is -2.19. The van der Waals surface area contributed by atoms with Crippen molar-refractivity contribution in [2.75, 3.05) is 0 Å². The van der Waals surface area contributed by atoms with Gasteiger partial charge in [-0.25, -0.2) is 0 Å². The maximum absolute atomic E-state index is 11.4. The molecule has 0 radical (unpaired) electrons. The summed E-state index contributed by atoms with van der Waals surface area (Å²) in [6.45, 7) is 6.36. The molecular weight excluding hydrogens is 246 g/mol. The molecule has 0 aromatic heterocycles. The topological polar surface area (TPSA) is 29.1 Å². The predicted molar refractivity (Wildman–Crippen MR) is 86.3 cm³/mol. The van der Waals surface area contributed by atoms with E-state index in [1.54, 1.807) is 0 Å². The first-order chi connectivity index (χ1) is 9.76. The van der Waals surface area contributed by atoms with Gasteiger partial charge in [0.05, 0.1) is 0 Å². The van der Waals surface area contributed by atoms with Gasteiger partial charge in [0.25, 0.3) is 0 Å². The van der Waals surface area contributed by atoms with Gasteiger partial charge in [0.2, 0.25) is 0 Å². The minimum Gasteiger partial charge on any atom is -0.359 e. The lowest BCUT2D eigenvalue weighted by atomic mass is 9.98. The monoisotopic (exact) mass is 273 g/mol. The minimum atomic E-state index is 0.856. The molecule has 0 atom stereocenters. The van der Waals surface area contributed by atoms with Crippen LogP contribution in [0.5, 0.6) is 0 Å². The van der Waals surface area contributed by atoms with E-state index in [0.29, 0.717) is 0 Å². The van der Waals surface area contributed by atoms with E-state index < -0.39 is 0 Å². The van der Waals surface area contributed by atoms with Crippen LogP contribution in [-0.2, 0) is 4.79 Å². The highest BCUT2D eigenvalue weighted by Gasteiger charge is 2.11. The predicted octanol–water partition coefficient (Wildman–Crippen LogP) is 4.81. The van der Waals surface area contributed by atoms with Crippen LogP contribution in [0.3, 0.4) is 0 Å². The van der Waals surface area contributed by atoms with Gasteiger partial charge in [0.15, 0.2) is 0 Å². The van der Waals surface area contributed by atoms with Crippen molar-refractivity contribution in [3.05, 3.63) is 46.8 Å². The first-order valence-corrected chi connectivity index (χ1v) is 7.77. The molecule has 20 heavy (non-hydrogen) atoms. The van der Waals surface area contributed by atoms with Gasteiger partial charge in [-0.2, -0.15) is 0 Å². The maximum Gasteiger partial charge on any atom is 0.146 e. The molecule has 1 N–H and O–H groups in total. The third kappa shape index (κ3) is 4.84. The van der Waals surface area contributed by atoms with Gasteiger partial charge in [-0.05, 0) is 49.3 Å². The van der Waals surface area contributed by atoms with Crippen LogP contribution in [0.1, 0.15) is 59.3 Å². The number of allylic oxidation sites excluding steroid dienone is 7. The van der Waals surface area contributed by atoms with Crippen LogP contribution in [0.25, 0.3) is 0 Å². The van der Waals surface area contributed by atoms with Crippen LogP contribution >= 0.6 is 0 Å². The number of rotatable bonds is 8. The Hall–Kier alpha value is -1.57. The summed E-state index contributed by atoms with van der Waals surface area (Å²) in [6, 6.07) is 0. The Bertz CT molecular complexity index is 438. The Morgan fingerprint density at radius 1 is 1.35 bits per heavy atom. The summed E-state index contributed by atoms with van der Waals surface area (Å²) in [5, 5.41) is 3.54. The van der Waals surface area contributed by atoms with Crippen molar-refractivity contribution in [3.8, 4) is 0 Å². The fourth-order valence-electron chi connectivity index (χ4n) is 2.47. The summed E-state index contributed by atoms with van der Waals surface area (Å²) >= 11 is 0. The highest BCUT2D eigenvalue weighted by atomic mass is 16.1. The van der Waals surface area contributed by atoms with E-state index in [-0.39, 0.29) is 0 Å². The standard InChI is InChI=1S/C18H27NO/c1-4-10-15(14-20)17(6-3)18(11-5-2)19-16-12-8-7-9-13-16/h7-8,11-12,14,19H,4-6,9-10,13H2,1-3H3/b17-15-,18-11-. The summed E-state index contributed by atoms with van der Waals surface area (Å²) in [6.07, 6.45) is 15.5. The number of hydrogen-bond donors (Lipinski definition) is 1. The van der Waals surface area contributed by atoms with Crippen LogP contribution in [0.2, 0.25) is 0 Å². The Labute approximate surface area is 123 Å². The second-order valence-corrected chi connectivity index (χ2v) is 5.03. The Morgan fingerprint density at radius 2 is 2.15 bits per heavy atom. The largest absolute Gasteiger partial charge is 0.359 e. The molecule has 2 heteroatoms. The molecule has 1 rings (SSSR count). The van der Waals surface area contributed by atoms with Gasteiger partial charge >= 0.3 is 0 Å². The van der Waals surface area contributed by atoms with E-state index in [9.17, 15) is 4.79 Å². The quantitative estimate of drug-likeness (QED) is 0.390. The van der Waals surface area contributed by atoms with Crippen LogP contribution < -0.4 is 5.32 Å². The molecule has 0 amide bonds. The second kappa shape index (κ2) is 9.35. The molecule has 0 aromatic rings.